The predicted octanol–water partition coefficient (Wildman–Crippen LogP) is 3.37. The summed E-state index contributed by atoms with van der Waals surface area (Å²) >= 11 is 0. The summed E-state index contributed by atoms with van der Waals surface area (Å²) in [6.07, 6.45) is -0.0954. The van der Waals surface area contributed by atoms with Gasteiger partial charge in [-0.15, -0.1) is 0 Å². The van der Waals surface area contributed by atoms with Crippen LogP contribution < -0.4 is 10.0 Å². The first-order chi connectivity index (χ1) is 16.8. The standard InChI is InChI=1S/C26H34N2O7S/c1-6-34-23(29)15-16-27-24(30)20-13-11-19(12-14-20)17-22(25(31)35-26(3,4)5)36(32,33)28-21-10-8-7-9-18(21)2/h7-14,22,28H,6,15-17H2,1-5H3,(H,27,30)/t22-/m0/s1. The topological polar surface area (TPSA) is 128 Å². The van der Waals surface area contributed by atoms with Gasteiger partial charge in [0, 0.05) is 18.5 Å². The van der Waals surface area contributed by atoms with E-state index in [1.54, 1.807) is 71.0 Å². The molecule has 1 amide bonds. The van der Waals surface area contributed by atoms with Crippen molar-refractivity contribution in [2.75, 3.05) is 17.9 Å². The largest absolute Gasteiger partial charge is 0.466 e. The van der Waals surface area contributed by atoms with Gasteiger partial charge in [0.2, 0.25) is 10.0 Å². The van der Waals surface area contributed by atoms with Crippen molar-refractivity contribution in [2.24, 2.45) is 0 Å². The van der Waals surface area contributed by atoms with Crippen LogP contribution in [0.3, 0.4) is 0 Å². The van der Waals surface area contributed by atoms with E-state index in [1.807, 2.05) is 0 Å². The maximum atomic E-state index is 13.3. The summed E-state index contributed by atoms with van der Waals surface area (Å²) in [5.41, 5.74) is 1.07. The summed E-state index contributed by atoms with van der Waals surface area (Å²) in [6.45, 7) is 8.86. The summed E-state index contributed by atoms with van der Waals surface area (Å²) in [6, 6.07) is 13.1. The van der Waals surface area contributed by atoms with Gasteiger partial charge in [-0.25, -0.2) is 8.42 Å². The Labute approximate surface area is 212 Å². The van der Waals surface area contributed by atoms with Crippen molar-refractivity contribution in [3.63, 3.8) is 0 Å². The number of amides is 1. The second kappa shape index (κ2) is 12.5. The van der Waals surface area contributed by atoms with Crippen molar-refractivity contribution in [1.29, 1.82) is 0 Å². The number of aryl methyl sites for hydroxylation is 1. The Morgan fingerprint density at radius 3 is 2.22 bits per heavy atom. The minimum atomic E-state index is -4.17. The van der Waals surface area contributed by atoms with E-state index in [9.17, 15) is 22.8 Å². The van der Waals surface area contributed by atoms with Crippen LogP contribution >= 0.6 is 0 Å². The lowest BCUT2D eigenvalue weighted by atomic mass is 10.1. The fraction of sp³-hybridized carbons (Fsp3) is 0.423. The lowest BCUT2D eigenvalue weighted by Crippen LogP contribution is -2.41. The van der Waals surface area contributed by atoms with Crippen LogP contribution in [0.5, 0.6) is 0 Å². The number of carbonyl (C=O) groups excluding carboxylic acids is 3. The molecule has 196 valence electrons. The smallest absolute Gasteiger partial charge is 0.327 e. The number of esters is 2. The zero-order valence-electron chi connectivity index (χ0n) is 21.3. The Morgan fingerprint density at radius 1 is 1.00 bits per heavy atom. The fourth-order valence-corrected chi connectivity index (χ4v) is 4.61. The Kier molecular flexibility index (Phi) is 10.0. The first kappa shape index (κ1) is 28.8. The van der Waals surface area contributed by atoms with Crippen LogP contribution in [0.1, 0.15) is 55.6 Å². The minimum absolute atomic E-state index is 0.0565. The van der Waals surface area contributed by atoms with Crippen molar-refractivity contribution in [3.8, 4) is 0 Å². The number of rotatable bonds is 11. The summed E-state index contributed by atoms with van der Waals surface area (Å²) in [4.78, 5) is 36.7. The Hall–Kier alpha value is -3.40. The molecular weight excluding hydrogens is 484 g/mol. The van der Waals surface area contributed by atoms with Gasteiger partial charge < -0.3 is 14.8 Å². The SMILES string of the molecule is CCOC(=O)CCNC(=O)c1ccc(C[C@@H](C(=O)OC(C)(C)C)S(=O)(=O)Nc2ccccc2C)cc1. The van der Waals surface area contributed by atoms with Crippen LogP contribution in [-0.4, -0.2) is 50.3 Å². The predicted molar refractivity (Wildman–Crippen MR) is 137 cm³/mol. The molecule has 0 aliphatic heterocycles. The molecule has 0 aromatic heterocycles. The van der Waals surface area contributed by atoms with Crippen LogP contribution in [0.2, 0.25) is 0 Å². The number of hydrogen-bond donors (Lipinski definition) is 2. The second-order valence-electron chi connectivity index (χ2n) is 9.20. The van der Waals surface area contributed by atoms with Gasteiger partial charge in [-0.1, -0.05) is 30.3 Å². The molecule has 2 rings (SSSR count). The molecule has 1 atom stereocenters. The Balaban J connectivity index is 2.18. The number of ether oxygens (including phenoxy) is 2. The molecule has 10 heteroatoms. The zero-order valence-corrected chi connectivity index (χ0v) is 22.1. The van der Waals surface area contributed by atoms with Gasteiger partial charge in [0.15, 0.2) is 5.25 Å². The van der Waals surface area contributed by atoms with Crippen molar-refractivity contribution >= 4 is 33.6 Å². The van der Waals surface area contributed by atoms with Crippen LogP contribution in [0.15, 0.2) is 48.5 Å². The van der Waals surface area contributed by atoms with Crippen LogP contribution in [0.25, 0.3) is 0 Å². The lowest BCUT2D eigenvalue weighted by Gasteiger charge is -2.24. The van der Waals surface area contributed by atoms with Gasteiger partial charge in [0.05, 0.1) is 18.7 Å². The van der Waals surface area contributed by atoms with E-state index in [2.05, 4.69) is 10.0 Å². The number of hydrogen-bond acceptors (Lipinski definition) is 7. The van der Waals surface area contributed by atoms with Gasteiger partial charge in [-0.3, -0.25) is 19.1 Å². The number of carbonyl (C=O) groups is 3. The van der Waals surface area contributed by atoms with Crippen LogP contribution in [0, 0.1) is 6.92 Å². The first-order valence-corrected chi connectivity index (χ1v) is 13.2. The zero-order chi connectivity index (χ0) is 26.9. The molecule has 0 fully saturated rings. The van der Waals surface area contributed by atoms with Gasteiger partial charge in [0.1, 0.15) is 5.60 Å². The summed E-state index contributed by atoms with van der Waals surface area (Å²) in [7, 11) is -4.17. The van der Waals surface area contributed by atoms with Crippen LogP contribution in [0.4, 0.5) is 5.69 Å². The molecule has 2 aromatic rings. The molecule has 0 aliphatic rings. The minimum Gasteiger partial charge on any atom is -0.466 e. The molecule has 0 saturated carbocycles. The second-order valence-corrected chi connectivity index (χ2v) is 11.1. The summed E-state index contributed by atoms with van der Waals surface area (Å²) in [5.74, 6) is -1.66. The van der Waals surface area contributed by atoms with Crippen molar-refractivity contribution in [2.45, 2.75) is 58.3 Å². The Bertz CT molecular complexity index is 1170. The van der Waals surface area contributed by atoms with Crippen LogP contribution in [-0.2, 0) is 35.5 Å². The van der Waals surface area contributed by atoms with E-state index >= 15 is 0 Å². The molecule has 36 heavy (non-hydrogen) atoms. The van der Waals surface area contributed by atoms with E-state index in [1.165, 1.54) is 12.1 Å². The molecule has 2 aromatic carbocycles. The highest BCUT2D eigenvalue weighted by molar-refractivity contribution is 7.94. The highest BCUT2D eigenvalue weighted by Gasteiger charge is 2.36. The molecule has 0 bridgehead atoms. The van der Waals surface area contributed by atoms with Gasteiger partial charge in [0.25, 0.3) is 5.91 Å². The molecular formula is C26H34N2O7S. The third kappa shape index (κ3) is 8.99. The molecule has 0 aliphatic carbocycles. The number of benzene rings is 2. The van der Waals surface area contributed by atoms with Crippen molar-refractivity contribution in [1.82, 2.24) is 5.32 Å². The third-order valence-electron chi connectivity index (χ3n) is 5.00. The van der Waals surface area contributed by atoms with Crippen molar-refractivity contribution in [3.05, 3.63) is 65.2 Å². The van der Waals surface area contributed by atoms with E-state index in [0.29, 0.717) is 22.4 Å². The number of nitrogens with one attached hydrogen (secondary N) is 2. The third-order valence-corrected chi connectivity index (χ3v) is 6.61. The van der Waals surface area contributed by atoms with E-state index < -0.39 is 32.8 Å². The van der Waals surface area contributed by atoms with Gasteiger partial charge in [-0.2, -0.15) is 0 Å². The highest BCUT2D eigenvalue weighted by Crippen LogP contribution is 2.21. The molecule has 0 unspecified atom stereocenters. The van der Waals surface area contributed by atoms with Crippen molar-refractivity contribution < 1.29 is 32.3 Å². The molecule has 2 N–H and O–H groups in total. The summed E-state index contributed by atoms with van der Waals surface area (Å²) in [5, 5.41) is 1.12. The summed E-state index contributed by atoms with van der Waals surface area (Å²) < 4.78 is 39.3. The van der Waals surface area contributed by atoms with Gasteiger partial charge in [-0.05, 0) is 63.9 Å². The monoisotopic (exact) mass is 518 g/mol. The van der Waals surface area contributed by atoms with E-state index in [4.69, 9.17) is 9.47 Å². The average Bonchev–Trinajstić information content (AvgIpc) is 2.78. The lowest BCUT2D eigenvalue weighted by molar-refractivity contribution is -0.154. The molecule has 9 nitrogen and oxygen atoms in total. The maximum absolute atomic E-state index is 13.3. The highest BCUT2D eigenvalue weighted by atomic mass is 32.2. The maximum Gasteiger partial charge on any atom is 0.327 e. The normalized spacial score (nSPS) is 12.4. The van der Waals surface area contributed by atoms with E-state index in [0.717, 1.165) is 0 Å². The average molecular weight is 519 g/mol. The van der Waals surface area contributed by atoms with E-state index in [-0.39, 0.29) is 31.9 Å². The Morgan fingerprint density at radius 2 is 1.64 bits per heavy atom. The quantitative estimate of drug-likeness (QED) is 0.437. The molecule has 0 heterocycles. The number of para-hydroxylation sites is 1. The number of anilines is 1. The fourth-order valence-electron chi connectivity index (χ4n) is 3.22. The number of sulfonamides is 1. The molecule has 0 spiro atoms. The first-order valence-electron chi connectivity index (χ1n) is 11.6. The molecule has 0 saturated heterocycles. The molecule has 0 radical (unpaired) electrons. The van der Waals surface area contributed by atoms with Gasteiger partial charge >= 0.3 is 11.9 Å².